The lowest BCUT2D eigenvalue weighted by Crippen LogP contribution is -2.29. The molecule has 110 valence electrons. The summed E-state index contributed by atoms with van der Waals surface area (Å²) in [6.45, 7) is 18.4. The number of rotatable bonds is 9. The average molecular weight is 256 g/mol. The highest BCUT2D eigenvalue weighted by Gasteiger charge is 2.09. The van der Waals surface area contributed by atoms with Crippen LogP contribution in [0.15, 0.2) is 0 Å². The maximum Gasteiger partial charge on any atom is 0.00767 e. The van der Waals surface area contributed by atoms with Gasteiger partial charge >= 0.3 is 0 Å². The van der Waals surface area contributed by atoms with Crippen LogP contribution < -0.4 is 10.6 Å². The zero-order chi connectivity index (χ0) is 14.1. The molecular formula is C16H36N2. The Morgan fingerprint density at radius 3 is 1.17 bits per heavy atom. The van der Waals surface area contributed by atoms with E-state index in [2.05, 4.69) is 52.2 Å². The van der Waals surface area contributed by atoms with E-state index in [0.717, 1.165) is 26.2 Å². The molecule has 0 atom stereocenters. The first-order valence-electron chi connectivity index (χ1n) is 7.62. The first-order valence-corrected chi connectivity index (χ1v) is 7.62. The van der Waals surface area contributed by atoms with Gasteiger partial charge in [0.25, 0.3) is 0 Å². The first-order chi connectivity index (χ1) is 8.21. The van der Waals surface area contributed by atoms with Gasteiger partial charge in [-0.15, -0.1) is 0 Å². The maximum atomic E-state index is 3.50. The van der Waals surface area contributed by atoms with Gasteiger partial charge in [0.1, 0.15) is 0 Å². The monoisotopic (exact) mass is 256 g/mol. The fraction of sp³-hybridized carbons (Fsp3) is 1.00. The van der Waals surface area contributed by atoms with Gasteiger partial charge in [-0.2, -0.15) is 0 Å². The van der Waals surface area contributed by atoms with Crippen molar-refractivity contribution in [3.8, 4) is 0 Å². The van der Waals surface area contributed by atoms with E-state index in [-0.39, 0.29) is 0 Å². The van der Waals surface area contributed by atoms with E-state index in [9.17, 15) is 0 Å². The average Bonchev–Trinajstić information content (AvgIpc) is 2.17. The van der Waals surface area contributed by atoms with Crippen LogP contribution in [-0.4, -0.2) is 26.2 Å². The minimum absolute atomic E-state index is 0.479. The van der Waals surface area contributed by atoms with Crippen molar-refractivity contribution in [3.63, 3.8) is 0 Å². The van der Waals surface area contributed by atoms with E-state index in [1.807, 2.05) is 0 Å². The topological polar surface area (TPSA) is 24.1 Å². The molecule has 18 heavy (non-hydrogen) atoms. The fourth-order valence-corrected chi connectivity index (χ4v) is 1.91. The molecule has 0 amide bonds. The van der Waals surface area contributed by atoms with Crippen molar-refractivity contribution in [2.45, 2.75) is 67.2 Å². The van der Waals surface area contributed by atoms with Gasteiger partial charge < -0.3 is 10.6 Å². The van der Waals surface area contributed by atoms with Crippen molar-refractivity contribution in [2.24, 2.45) is 10.8 Å². The summed E-state index contributed by atoms with van der Waals surface area (Å²) in [5.41, 5.74) is 0.958. The molecule has 0 bridgehead atoms. The second kappa shape index (κ2) is 8.92. The Morgan fingerprint density at radius 1 is 0.556 bits per heavy atom. The molecule has 0 aliphatic heterocycles. The third-order valence-corrected chi connectivity index (χ3v) is 3.04. The van der Waals surface area contributed by atoms with E-state index in [1.165, 1.54) is 25.7 Å². The molecule has 0 aromatic carbocycles. The molecule has 0 aromatic rings. The summed E-state index contributed by atoms with van der Waals surface area (Å²) < 4.78 is 0. The number of hydrogen-bond donors (Lipinski definition) is 2. The highest BCUT2D eigenvalue weighted by Crippen LogP contribution is 2.20. The van der Waals surface area contributed by atoms with Crippen molar-refractivity contribution < 1.29 is 0 Å². The molecule has 2 heteroatoms. The van der Waals surface area contributed by atoms with Gasteiger partial charge in [-0.25, -0.2) is 0 Å². The summed E-state index contributed by atoms with van der Waals surface area (Å²) >= 11 is 0. The molecule has 0 saturated carbocycles. The maximum absolute atomic E-state index is 3.50. The zero-order valence-electron chi connectivity index (χ0n) is 13.7. The summed E-state index contributed by atoms with van der Waals surface area (Å²) in [6.07, 6.45) is 5.18. The molecule has 2 N–H and O–H groups in total. The van der Waals surface area contributed by atoms with E-state index in [1.54, 1.807) is 0 Å². The predicted molar refractivity (Wildman–Crippen MR) is 83.1 cm³/mol. The lowest BCUT2D eigenvalue weighted by molar-refractivity contribution is 0.357. The molecule has 0 aliphatic rings. The third-order valence-electron chi connectivity index (χ3n) is 3.04. The van der Waals surface area contributed by atoms with Crippen LogP contribution in [0.5, 0.6) is 0 Å². The SMILES string of the molecule is CC(C)(C)CCCNCCNCCCC(C)(C)C. The molecule has 0 aromatic heterocycles. The minimum atomic E-state index is 0.479. The Labute approximate surface area is 115 Å². The van der Waals surface area contributed by atoms with Gasteiger partial charge in [-0.05, 0) is 49.6 Å². The normalized spacial score (nSPS) is 13.0. The van der Waals surface area contributed by atoms with Crippen LogP contribution >= 0.6 is 0 Å². The molecule has 0 unspecified atom stereocenters. The molecule has 0 saturated heterocycles. The van der Waals surface area contributed by atoms with E-state index >= 15 is 0 Å². The van der Waals surface area contributed by atoms with Gasteiger partial charge in [0.2, 0.25) is 0 Å². The van der Waals surface area contributed by atoms with Crippen molar-refractivity contribution in [1.82, 2.24) is 10.6 Å². The van der Waals surface area contributed by atoms with E-state index in [0.29, 0.717) is 10.8 Å². The second-order valence-corrected chi connectivity index (χ2v) is 7.83. The van der Waals surface area contributed by atoms with Crippen LogP contribution in [0.1, 0.15) is 67.2 Å². The smallest absolute Gasteiger partial charge is 0.00767 e. The van der Waals surface area contributed by atoms with E-state index in [4.69, 9.17) is 0 Å². The van der Waals surface area contributed by atoms with E-state index < -0.39 is 0 Å². The lowest BCUT2D eigenvalue weighted by Gasteiger charge is -2.18. The van der Waals surface area contributed by atoms with Crippen molar-refractivity contribution >= 4 is 0 Å². The van der Waals surface area contributed by atoms with Crippen LogP contribution in [0.25, 0.3) is 0 Å². The van der Waals surface area contributed by atoms with Gasteiger partial charge in [0.15, 0.2) is 0 Å². The molecular weight excluding hydrogens is 220 g/mol. The summed E-state index contributed by atoms with van der Waals surface area (Å²) in [6, 6.07) is 0. The predicted octanol–water partition coefficient (Wildman–Crippen LogP) is 3.82. The van der Waals surface area contributed by atoms with Crippen LogP contribution in [0.2, 0.25) is 0 Å². The molecule has 0 fully saturated rings. The lowest BCUT2D eigenvalue weighted by atomic mass is 9.90. The quantitative estimate of drug-likeness (QED) is 0.613. The number of hydrogen-bond acceptors (Lipinski definition) is 2. The Hall–Kier alpha value is -0.0800. The molecule has 0 radical (unpaired) electrons. The molecule has 0 heterocycles. The van der Waals surface area contributed by atoms with Crippen molar-refractivity contribution in [1.29, 1.82) is 0 Å². The van der Waals surface area contributed by atoms with Crippen molar-refractivity contribution in [3.05, 3.63) is 0 Å². The Balaban J connectivity index is 3.13. The van der Waals surface area contributed by atoms with Crippen LogP contribution in [0.4, 0.5) is 0 Å². The summed E-state index contributed by atoms with van der Waals surface area (Å²) in [5.74, 6) is 0. The van der Waals surface area contributed by atoms with Crippen LogP contribution in [-0.2, 0) is 0 Å². The Morgan fingerprint density at radius 2 is 0.889 bits per heavy atom. The van der Waals surface area contributed by atoms with Gasteiger partial charge in [0, 0.05) is 13.1 Å². The Bertz CT molecular complexity index is 164. The highest BCUT2D eigenvalue weighted by atomic mass is 14.9. The summed E-state index contributed by atoms with van der Waals surface area (Å²) in [4.78, 5) is 0. The van der Waals surface area contributed by atoms with Gasteiger partial charge in [-0.1, -0.05) is 41.5 Å². The van der Waals surface area contributed by atoms with Gasteiger partial charge in [0.05, 0.1) is 0 Å². The summed E-state index contributed by atoms with van der Waals surface area (Å²) in [5, 5.41) is 7.01. The van der Waals surface area contributed by atoms with Crippen molar-refractivity contribution in [2.75, 3.05) is 26.2 Å². The second-order valence-electron chi connectivity index (χ2n) is 7.83. The van der Waals surface area contributed by atoms with Crippen LogP contribution in [0.3, 0.4) is 0 Å². The zero-order valence-corrected chi connectivity index (χ0v) is 13.7. The largest absolute Gasteiger partial charge is 0.315 e. The van der Waals surface area contributed by atoms with Gasteiger partial charge in [-0.3, -0.25) is 0 Å². The molecule has 2 nitrogen and oxygen atoms in total. The summed E-state index contributed by atoms with van der Waals surface area (Å²) in [7, 11) is 0. The molecule has 0 aliphatic carbocycles. The highest BCUT2D eigenvalue weighted by molar-refractivity contribution is 4.64. The molecule has 0 spiro atoms. The molecule has 0 rings (SSSR count). The number of nitrogens with one attached hydrogen (secondary N) is 2. The standard InChI is InChI=1S/C16H36N2/c1-15(2,3)9-7-11-17-13-14-18-12-8-10-16(4,5)6/h17-18H,7-14H2,1-6H3. The Kier molecular flexibility index (Phi) is 8.89. The third kappa shape index (κ3) is 15.9. The first kappa shape index (κ1) is 17.9. The minimum Gasteiger partial charge on any atom is -0.315 e. The van der Waals surface area contributed by atoms with Crippen LogP contribution in [0, 0.1) is 10.8 Å². The fourth-order valence-electron chi connectivity index (χ4n) is 1.91.